The maximum absolute atomic E-state index is 12.2. The van der Waals surface area contributed by atoms with Gasteiger partial charge in [-0.1, -0.05) is 0 Å². The number of piperazine rings is 1. The second kappa shape index (κ2) is 8.36. The van der Waals surface area contributed by atoms with Crippen molar-refractivity contribution in [1.82, 2.24) is 9.80 Å². The normalized spacial score (nSPS) is 15.4. The third-order valence-corrected chi connectivity index (χ3v) is 4.83. The highest BCUT2D eigenvalue weighted by Crippen LogP contribution is 2.22. The average molecular weight is 358 g/mol. The summed E-state index contributed by atoms with van der Waals surface area (Å²) < 4.78 is 11.0. The Morgan fingerprint density at radius 2 is 1.92 bits per heavy atom. The van der Waals surface area contributed by atoms with Gasteiger partial charge in [0.15, 0.2) is 0 Å². The van der Waals surface area contributed by atoms with Crippen LogP contribution in [0, 0.1) is 6.92 Å². The molecule has 1 aliphatic rings. The fraction of sp³-hybridized carbons (Fsp3) is 0.500. The zero-order chi connectivity index (χ0) is 18.5. The number of amides is 1. The number of ether oxygens (including phenoxy) is 1. The Bertz CT molecular complexity index is 822. The van der Waals surface area contributed by atoms with Crippen molar-refractivity contribution in [3.63, 3.8) is 0 Å². The molecule has 0 aliphatic carbocycles. The average Bonchev–Trinajstić information content (AvgIpc) is 2.62. The second-order valence-corrected chi connectivity index (χ2v) is 6.90. The van der Waals surface area contributed by atoms with Gasteiger partial charge in [-0.25, -0.2) is 4.79 Å². The molecule has 140 valence electrons. The fourth-order valence-corrected chi connectivity index (χ4v) is 3.17. The third-order valence-electron chi connectivity index (χ3n) is 4.83. The van der Waals surface area contributed by atoms with E-state index in [0.717, 1.165) is 55.7 Å². The van der Waals surface area contributed by atoms with E-state index < -0.39 is 0 Å². The van der Waals surface area contributed by atoms with Crippen molar-refractivity contribution >= 4 is 16.9 Å². The van der Waals surface area contributed by atoms with Crippen LogP contribution in [0.5, 0.6) is 5.75 Å². The summed E-state index contributed by atoms with van der Waals surface area (Å²) in [6.45, 7) is 6.02. The Morgan fingerprint density at radius 1 is 1.15 bits per heavy atom. The zero-order valence-electron chi connectivity index (χ0n) is 15.5. The zero-order valence-corrected chi connectivity index (χ0v) is 15.5. The molecule has 2 aromatic rings. The van der Waals surface area contributed by atoms with Gasteiger partial charge < -0.3 is 19.0 Å². The molecule has 26 heavy (non-hydrogen) atoms. The highest BCUT2D eigenvalue weighted by atomic mass is 16.5. The van der Waals surface area contributed by atoms with Crippen LogP contribution >= 0.6 is 0 Å². The smallest absolute Gasteiger partial charge is 0.336 e. The van der Waals surface area contributed by atoms with Crippen molar-refractivity contribution in [3.8, 4) is 5.75 Å². The van der Waals surface area contributed by atoms with E-state index in [1.165, 1.54) is 6.07 Å². The number of nitrogens with zero attached hydrogens (tertiary/aromatic N) is 2. The number of aryl methyl sites for hydroxylation is 1. The van der Waals surface area contributed by atoms with E-state index >= 15 is 0 Å². The van der Waals surface area contributed by atoms with E-state index in [2.05, 4.69) is 11.9 Å². The van der Waals surface area contributed by atoms with Gasteiger partial charge in [0.2, 0.25) is 5.91 Å². The summed E-state index contributed by atoms with van der Waals surface area (Å²) >= 11 is 0. The van der Waals surface area contributed by atoms with Gasteiger partial charge in [0.1, 0.15) is 11.3 Å². The first-order chi connectivity index (χ1) is 12.5. The quantitative estimate of drug-likeness (QED) is 0.586. The van der Waals surface area contributed by atoms with Gasteiger partial charge in [-0.3, -0.25) is 4.79 Å². The van der Waals surface area contributed by atoms with Gasteiger partial charge in [-0.05, 0) is 50.6 Å². The number of likely N-dealkylation sites (N-methyl/N-ethyl adjacent to an activating group) is 1. The summed E-state index contributed by atoms with van der Waals surface area (Å²) in [5, 5.41) is 0.882. The highest BCUT2D eigenvalue weighted by Gasteiger charge is 2.18. The molecule has 0 unspecified atom stereocenters. The molecule has 0 N–H and O–H groups in total. The van der Waals surface area contributed by atoms with Crippen LogP contribution in [-0.4, -0.2) is 55.5 Å². The van der Waals surface area contributed by atoms with E-state index in [1.54, 1.807) is 12.1 Å². The first-order valence-corrected chi connectivity index (χ1v) is 9.16. The maximum atomic E-state index is 12.2. The van der Waals surface area contributed by atoms with Gasteiger partial charge in [-0.2, -0.15) is 0 Å². The number of hydrogen-bond acceptors (Lipinski definition) is 5. The van der Waals surface area contributed by atoms with Crippen molar-refractivity contribution in [2.24, 2.45) is 0 Å². The summed E-state index contributed by atoms with van der Waals surface area (Å²) in [6, 6.07) is 6.94. The molecule has 3 rings (SSSR count). The van der Waals surface area contributed by atoms with Crippen LogP contribution in [0.4, 0.5) is 0 Å². The van der Waals surface area contributed by atoms with Crippen LogP contribution in [0.3, 0.4) is 0 Å². The predicted molar refractivity (Wildman–Crippen MR) is 101 cm³/mol. The van der Waals surface area contributed by atoms with Gasteiger partial charge in [-0.15, -0.1) is 0 Å². The molecule has 1 fully saturated rings. The first-order valence-electron chi connectivity index (χ1n) is 9.16. The minimum atomic E-state index is -0.339. The van der Waals surface area contributed by atoms with Crippen molar-refractivity contribution in [2.45, 2.75) is 26.2 Å². The first kappa shape index (κ1) is 18.5. The molecule has 1 saturated heterocycles. The monoisotopic (exact) mass is 358 g/mol. The van der Waals surface area contributed by atoms with Crippen LogP contribution in [0.25, 0.3) is 11.0 Å². The van der Waals surface area contributed by atoms with Gasteiger partial charge >= 0.3 is 5.63 Å². The number of carbonyl (C=O) groups is 1. The largest absolute Gasteiger partial charge is 0.494 e. The third kappa shape index (κ3) is 4.64. The summed E-state index contributed by atoms with van der Waals surface area (Å²) in [4.78, 5) is 27.8. The van der Waals surface area contributed by atoms with Gasteiger partial charge in [0.25, 0.3) is 0 Å². The van der Waals surface area contributed by atoms with Crippen LogP contribution in [-0.2, 0) is 4.79 Å². The molecular formula is C20H26N2O4. The summed E-state index contributed by atoms with van der Waals surface area (Å²) in [7, 11) is 2.08. The molecule has 0 atom stereocenters. The summed E-state index contributed by atoms with van der Waals surface area (Å²) in [5.41, 5.74) is 1.10. The molecular weight excluding hydrogens is 332 g/mol. The Labute approximate surface area is 153 Å². The van der Waals surface area contributed by atoms with Gasteiger partial charge in [0.05, 0.1) is 6.61 Å². The lowest BCUT2D eigenvalue weighted by atomic mass is 10.1. The molecule has 6 nitrogen and oxygen atoms in total. The number of hydrogen-bond donors (Lipinski definition) is 0. The molecule has 1 amide bonds. The van der Waals surface area contributed by atoms with E-state index in [9.17, 15) is 9.59 Å². The maximum Gasteiger partial charge on any atom is 0.336 e. The number of fused-ring (bicyclic) bond motifs is 1. The van der Waals surface area contributed by atoms with Crippen molar-refractivity contribution in [2.75, 3.05) is 39.8 Å². The SMILES string of the molecule is Cc1cc(=O)oc2ccc(OCCCCC(=O)N3CCN(C)CC3)cc12. The van der Waals surface area contributed by atoms with Crippen LogP contribution in [0.1, 0.15) is 24.8 Å². The molecule has 1 aliphatic heterocycles. The minimum Gasteiger partial charge on any atom is -0.494 e. The molecule has 0 bridgehead atoms. The lowest BCUT2D eigenvalue weighted by Crippen LogP contribution is -2.47. The molecule has 2 heterocycles. The number of rotatable bonds is 6. The number of benzene rings is 1. The van der Waals surface area contributed by atoms with E-state index in [4.69, 9.17) is 9.15 Å². The summed E-state index contributed by atoms with van der Waals surface area (Å²) in [5.74, 6) is 0.995. The van der Waals surface area contributed by atoms with Crippen LogP contribution in [0.15, 0.2) is 33.5 Å². The van der Waals surface area contributed by atoms with Crippen LogP contribution < -0.4 is 10.4 Å². The molecule has 0 saturated carbocycles. The Kier molecular flexibility index (Phi) is 5.93. The van der Waals surface area contributed by atoms with Crippen molar-refractivity contribution in [3.05, 3.63) is 40.2 Å². The molecule has 6 heteroatoms. The lowest BCUT2D eigenvalue weighted by Gasteiger charge is -2.32. The summed E-state index contributed by atoms with van der Waals surface area (Å²) in [6.07, 6.45) is 2.24. The Morgan fingerprint density at radius 3 is 2.69 bits per heavy atom. The van der Waals surface area contributed by atoms with Crippen molar-refractivity contribution in [1.29, 1.82) is 0 Å². The minimum absolute atomic E-state index is 0.245. The highest BCUT2D eigenvalue weighted by molar-refractivity contribution is 5.81. The Hall–Kier alpha value is -2.34. The topological polar surface area (TPSA) is 63.0 Å². The number of carbonyl (C=O) groups excluding carboxylic acids is 1. The van der Waals surface area contributed by atoms with E-state index in [0.29, 0.717) is 18.6 Å². The Balaban J connectivity index is 1.43. The van der Waals surface area contributed by atoms with Gasteiger partial charge in [0, 0.05) is 44.1 Å². The second-order valence-electron chi connectivity index (χ2n) is 6.90. The van der Waals surface area contributed by atoms with Crippen LogP contribution in [0.2, 0.25) is 0 Å². The molecule has 1 aromatic carbocycles. The number of unbranched alkanes of at least 4 members (excludes halogenated alkanes) is 1. The lowest BCUT2D eigenvalue weighted by molar-refractivity contribution is -0.132. The standard InChI is InChI=1S/C20H26N2O4/c1-15-13-20(24)26-18-7-6-16(14-17(15)18)25-12-4-3-5-19(23)22-10-8-21(2)9-11-22/h6-7,13-14H,3-5,8-12H2,1-2H3. The molecule has 0 spiro atoms. The fourth-order valence-electron chi connectivity index (χ4n) is 3.17. The molecule has 1 aromatic heterocycles. The molecule has 0 radical (unpaired) electrons. The predicted octanol–water partition coefficient (Wildman–Crippen LogP) is 2.42. The van der Waals surface area contributed by atoms with E-state index in [-0.39, 0.29) is 11.5 Å². The van der Waals surface area contributed by atoms with Crippen molar-refractivity contribution < 1.29 is 13.9 Å². The van der Waals surface area contributed by atoms with E-state index in [1.807, 2.05) is 17.9 Å².